The lowest BCUT2D eigenvalue weighted by atomic mass is 10.2. The molecule has 0 spiro atoms. The zero-order chi connectivity index (χ0) is 35.8. The fourth-order valence-corrected chi connectivity index (χ4v) is 5.37. The van der Waals surface area contributed by atoms with Crippen molar-refractivity contribution in [2.24, 2.45) is 5.73 Å². The molecule has 0 saturated heterocycles. The van der Waals surface area contributed by atoms with Crippen LogP contribution in [0.1, 0.15) is 33.6 Å². The first-order valence-electron chi connectivity index (χ1n) is 16.2. The van der Waals surface area contributed by atoms with E-state index >= 15 is 0 Å². The molecule has 12 N–H and O–H groups in total. The molecule has 0 aromatic carbocycles. The van der Waals surface area contributed by atoms with Gasteiger partial charge in [0.15, 0.2) is 0 Å². The van der Waals surface area contributed by atoms with E-state index in [2.05, 4.69) is 19.7 Å². The second kappa shape index (κ2) is 26.8. The minimum absolute atomic E-state index is 0.0779. The maximum absolute atomic E-state index is 10.6. The minimum Gasteiger partial charge on any atom is -0.389 e. The van der Waals surface area contributed by atoms with E-state index in [9.17, 15) is 24.4 Å². The van der Waals surface area contributed by atoms with Crippen molar-refractivity contribution in [3.8, 4) is 0 Å². The molecule has 0 aromatic rings. The molecule has 0 aliphatic rings. The molecule has 3 unspecified atom stereocenters. The van der Waals surface area contributed by atoms with Gasteiger partial charge in [0, 0.05) is 96.7 Å². The number of hydrogen-bond donors (Lipinski definition) is 11. The Labute approximate surface area is 285 Å². The van der Waals surface area contributed by atoms with Crippen LogP contribution in [0.5, 0.6) is 0 Å². The third kappa shape index (κ3) is 31.7. The van der Waals surface area contributed by atoms with Crippen LogP contribution >= 0.6 is 21.7 Å². The summed E-state index contributed by atoms with van der Waals surface area (Å²) in [6.07, 6.45) is -1.48. The standard InChI is InChI=1S/C28H67N5O12S2/c1-28(2,3)45-24-27(36)21-33(14-10-31-19-25(34)22-43-16-6-18-47(40,41)42-4)13-9-30-8-12-32(11-7-29)20-26(35)23-44-15-5-17-46(37,38)39/h25-27,30-31,34-41H,5-24,29H2,1-4H3. The summed E-state index contributed by atoms with van der Waals surface area (Å²) >= 11 is 0. The van der Waals surface area contributed by atoms with Crippen molar-refractivity contribution in [2.45, 2.75) is 57.5 Å². The molecule has 0 aromatic heterocycles. The van der Waals surface area contributed by atoms with Crippen LogP contribution in [0.4, 0.5) is 0 Å². The SMILES string of the molecule is COS(O)(O)CCCOCC(O)CNCCN(CCNCCN(CCN)CC(O)COCCCS(O)(O)O)CC(O)COC(C)(C)C. The topological polar surface area (TPSA) is 255 Å². The molecule has 47 heavy (non-hydrogen) atoms. The zero-order valence-corrected chi connectivity index (χ0v) is 30.5. The van der Waals surface area contributed by atoms with Gasteiger partial charge in [-0.3, -0.25) is 14.0 Å². The number of nitrogens with zero attached hydrogens (tertiary/aromatic N) is 2. The Kier molecular flexibility index (Phi) is 26.8. The molecule has 0 heterocycles. The zero-order valence-electron chi connectivity index (χ0n) is 28.9. The van der Waals surface area contributed by atoms with Crippen LogP contribution in [0.3, 0.4) is 0 Å². The van der Waals surface area contributed by atoms with Gasteiger partial charge >= 0.3 is 0 Å². The van der Waals surface area contributed by atoms with Gasteiger partial charge in [-0.2, -0.15) is 0 Å². The maximum Gasteiger partial charge on any atom is 0.0900 e. The average Bonchev–Trinajstić information content (AvgIpc) is 2.96. The van der Waals surface area contributed by atoms with Crippen LogP contribution in [0, 0.1) is 0 Å². The van der Waals surface area contributed by atoms with Gasteiger partial charge in [0.2, 0.25) is 0 Å². The summed E-state index contributed by atoms with van der Waals surface area (Å²) in [7, 11) is -5.31. The number of ether oxygens (including phenoxy) is 3. The van der Waals surface area contributed by atoms with E-state index in [1.54, 1.807) is 0 Å². The smallest absolute Gasteiger partial charge is 0.0900 e. The third-order valence-electron chi connectivity index (χ3n) is 6.58. The van der Waals surface area contributed by atoms with Crippen LogP contribution < -0.4 is 16.4 Å². The molecule has 0 radical (unpaired) electrons. The normalized spacial score (nSPS) is 15.8. The molecule has 0 aliphatic heterocycles. The van der Waals surface area contributed by atoms with E-state index in [0.717, 1.165) is 0 Å². The predicted molar refractivity (Wildman–Crippen MR) is 187 cm³/mol. The molecular weight excluding hydrogens is 662 g/mol. The molecule has 0 aliphatic carbocycles. The molecule has 0 amide bonds. The van der Waals surface area contributed by atoms with Crippen molar-refractivity contribution in [1.29, 1.82) is 0 Å². The second-order valence-electron chi connectivity index (χ2n) is 12.4. The van der Waals surface area contributed by atoms with Crippen LogP contribution in [0.2, 0.25) is 0 Å². The number of nitrogens with two attached hydrogens (primary N) is 1. The van der Waals surface area contributed by atoms with Crippen LogP contribution in [-0.4, -0.2) is 195 Å². The largest absolute Gasteiger partial charge is 0.389 e. The van der Waals surface area contributed by atoms with Gasteiger partial charge in [-0.1, -0.05) is 0 Å². The van der Waals surface area contributed by atoms with Gasteiger partial charge in [-0.15, -0.1) is 0 Å². The molecule has 0 bridgehead atoms. The highest BCUT2D eigenvalue weighted by molar-refractivity contribution is 8.20. The highest BCUT2D eigenvalue weighted by atomic mass is 32.3. The molecule has 0 saturated carbocycles. The van der Waals surface area contributed by atoms with E-state index in [1.807, 2.05) is 25.7 Å². The Morgan fingerprint density at radius 3 is 1.70 bits per heavy atom. The Hall–Kier alpha value is 0.0200. The van der Waals surface area contributed by atoms with Gasteiger partial charge in [0.1, 0.15) is 0 Å². The minimum atomic E-state index is -3.53. The average molecular weight is 730 g/mol. The molecule has 0 fully saturated rings. The first-order chi connectivity index (χ1) is 22.0. The van der Waals surface area contributed by atoms with E-state index in [-0.39, 0.29) is 56.6 Å². The van der Waals surface area contributed by atoms with Gasteiger partial charge in [0.05, 0.1) is 72.6 Å². The Morgan fingerprint density at radius 2 is 1.19 bits per heavy atom. The number of rotatable bonds is 32. The van der Waals surface area contributed by atoms with Crippen molar-refractivity contribution in [3.05, 3.63) is 0 Å². The quantitative estimate of drug-likeness (QED) is 0.0407. The molecule has 19 heteroatoms. The van der Waals surface area contributed by atoms with Crippen molar-refractivity contribution >= 4 is 21.7 Å². The lowest BCUT2D eigenvalue weighted by Gasteiger charge is -2.28. The van der Waals surface area contributed by atoms with E-state index in [1.165, 1.54) is 7.11 Å². The molecule has 0 rings (SSSR count). The number of nitrogens with one attached hydrogen (secondary N) is 2. The fraction of sp³-hybridized carbons (Fsp3) is 1.00. The first kappa shape index (κ1) is 47.0. The summed E-state index contributed by atoms with van der Waals surface area (Å²) in [6.45, 7) is 12.6. The van der Waals surface area contributed by atoms with Gasteiger partial charge in [-0.05, 0) is 33.6 Å². The first-order valence-corrected chi connectivity index (χ1v) is 19.5. The van der Waals surface area contributed by atoms with E-state index in [4.69, 9.17) is 33.6 Å². The monoisotopic (exact) mass is 729 g/mol. The van der Waals surface area contributed by atoms with Crippen molar-refractivity contribution in [1.82, 2.24) is 20.4 Å². The highest BCUT2D eigenvalue weighted by Gasteiger charge is 2.18. The Balaban J connectivity index is 4.53. The summed E-state index contributed by atoms with van der Waals surface area (Å²) in [5.41, 5.74) is 5.39. The maximum atomic E-state index is 10.6. The lowest BCUT2D eigenvalue weighted by Crippen LogP contribution is -2.45. The fourth-order valence-electron chi connectivity index (χ4n) is 4.21. The van der Waals surface area contributed by atoms with Crippen LogP contribution in [-0.2, 0) is 18.4 Å². The summed E-state index contributed by atoms with van der Waals surface area (Å²) in [5, 5.41) is 37.7. The lowest BCUT2D eigenvalue weighted by molar-refractivity contribution is -0.0559. The highest BCUT2D eigenvalue weighted by Crippen LogP contribution is 2.38. The van der Waals surface area contributed by atoms with Gasteiger partial charge < -0.3 is 68.7 Å². The van der Waals surface area contributed by atoms with Gasteiger partial charge in [-0.25, -0.2) is 0 Å². The second-order valence-corrected chi connectivity index (χ2v) is 16.0. The molecule has 3 atom stereocenters. The van der Waals surface area contributed by atoms with E-state index in [0.29, 0.717) is 78.4 Å². The number of aliphatic hydroxyl groups excluding tert-OH is 3. The molecular formula is C28H67N5O12S2. The van der Waals surface area contributed by atoms with Crippen LogP contribution in [0.25, 0.3) is 0 Å². The Bertz CT molecular complexity index is 741. The number of hydrogen-bond acceptors (Lipinski definition) is 17. The molecule has 17 nitrogen and oxygen atoms in total. The van der Waals surface area contributed by atoms with E-state index < -0.39 is 40.1 Å². The summed E-state index contributed by atoms with van der Waals surface area (Å²) in [6, 6.07) is 0. The van der Waals surface area contributed by atoms with Crippen molar-refractivity contribution in [2.75, 3.05) is 124 Å². The third-order valence-corrected chi connectivity index (χ3v) is 8.77. The van der Waals surface area contributed by atoms with Crippen molar-refractivity contribution < 1.29 is 56.5 Å². The predicted octanol–water partition coefficient (Wildman–Crippen LogP) is -0.0249. The summed E-state index contributed by atoms with van der Waals surface area (Å²) < 4.78 is 67.1. The Morgan fingerprint density at radius 1 is 0.702 bits per heavy atom. The summed E-state index contributed by atoms with van der Waals surface area (Å²) in [5.74, 6) is -0.0867. The number of aliphatic hydroxyl groups is 3. The molecule has 288 valence electrons. The van der Waals surface area contributed by atoms with Gasteiger partial charge in [0.25, 0.3) is 0 Å². The van der Waals surface area contributed by atoms with Crippen molar-refractivity contribution in [3.63, 3.8) is 0 Å². The van der Waals surface area contributed by atoms with Crippen LogP contribution in [0.15, 0.2) is 0 Å². The summed E-state index contributed by atoms with van der Waals surface area (Å²) in [4.78, 5) is 4.14.